The van der Waals surface area contributed by atoms with Crippen LogP contribution in [0.3, 0.4) is 0 Å². The second kappa shape index (κ2) is 5.15. The zero-order chi connectivity index (χ0) is 13.2. The molecule has 0 saturated carbocycles. The molecule has 0 amide bonds. The van der Waals surface area contributed by atoms with Gasteiger partial charge in [-0.15, -0.1) is 0 Å². The van der Waals surface area contributed by atoms with Crippen LogP contribution < -0.4 is 5.32 Å². The fourth-order valence-corrected chi connectivity index (χ4v) is 2.61. The van der Waals surface area contributed by atoms with Gasteiger partial charge in [0, 0.05) is 19.3 Å². The van der Waals surface area contributed by atoms with Gasteiger partial charge in [0.2, 0.25) is 0 Å². The van der Waals surface area contributed by atoms with Crippen LogP contribution in [0.15, 0.2) is 30.6 Å². The van der Waals surface area contributed by atoms with E-state index in [2.05, 4.69) is 34.8 Å². The highest BCUT2D eigenvalue weighted by molar-refractivity contribution is 5.35. The summed E-state index contributed by atoms with van der Waals surface area (Å²) in [6.45, 7) is 1.49. The quantitative estimate of drug-likeness (QED) is 0.910. The minimum absolute atomic E-state index is 0.315. The van der Waals surface area contributed by atoms with Crippen molar-refractivity contribution in [2.75, 3.05) is 7.05 Å². The van der Waals surface area contributed by atoms with Crippen molar-refractivity contribution in [3.05, 3.63) is 52.8 Å². The first-order chi connectivity index (χ1) is 9.26. The molecule has 0 bridgehead atoms. The van der Waals surface area contributed by atoms with E-state index in [1.54, 1.807) is 0 Å². The molecule has 1 unspecified atom stereocenters. The maximum Gasteiger partial charge on any atom is 0.0725 e. The largest absolute Gasteiger partial charge is 0.372 e. The van der Waals surface area contributed by atoms with Crippen molar-refractivity contribution >= 4 is 0 Å². The van der Waals surface area contributed by atoms with E-state index in [0.29, 0.717) is 6.04 Å². The molecule has 1 aliphatic rings. The molecule has 1 aliphatic heterocycles. The summed E-state index contributed by atoms with van der Waals surface area (Å²) < 4.78 is 7.32. The molecule has 4 nitrogen and oxygen atoms in total. The molecule has 1 N–H and O–H groups in total. The fourth-order valence-electron chi connectivity index (χ4n) is 2.61. The molecule has 1 aromatic carbocycles. The highest BCUT2D eigenvalue weighted by Crippen LogP contribution is 2.25. The Hall–Kier alpha value is -1.65. The normalized spacial score (nSPS) is 15.5. The van der Waals surface area contributed by atoms with Gasteiger partial charge in [0.15, 0.2) is 0 Å². The van der Waals surface area contributed by atoms with E-state index in [1.165, 1.54) is 22.3 Å². The van der Waals surface area contributed by atoms with Crippen LogP contribution in [-0.4, -0.2) is 16.8 Å². The Balaban J connectivity index is 1.82. The number of hydrogen-bond acceptors (Lipinski definition) is 3. The number of rotatable bonds is 4. The third-order valence-electron chi connectivity index (χ3n) is 3.69. The number of nitrogens with one attached hydrogen (secondary N) is 1. The molecular formula is C15H19N3O. The Morgan fingerprint density at radius 2 is 2.21 bits per heavy atom. The molecule has 1 atom stereocenters. The van der Waals surface area contributed by atoms with Crippen molar-refractivity contribution in [2.24, 2.45) is 7.05 Å². The molecule has 2 aromatic rings. The zero-order valence-electron chi connectivity index (χ0n) is 11.4. The number of likely N-dealkylation sites (N-methyl/N-ethyl adjacent to an activating group) is 1. The van der Waals surface area contributed by atoms with E-state index >= 15 is 0 Å². The Kier molecular flexibility index (Phi) is 3.36. The molecule has 100 valence electrons. The number of ether oxygens (including phenoxy) is 1. The number of aromatic nitrogens is 2. The zero-order valence-corrected chi connectivity index (χ0v) is 11.4. The highest BCUT2D eigenvalue weighted by atomic mass is 16.5. The number of hydrogen-bond donors (Lipinski definition) is 1. The first-order valence-electron chi connectivity index (χ1n) is 6.60. The summed E-state index contributed by atoms with van der Waals surface area (Å²) in [4.78, 5) is 0. The van der Waals surface area contributed by atoms with Crippen LogP contribution in [0.4, 0.5) is 0 Å². The maximum absolute atomic E-state index is 5.47. The Labute approximate surface area is 113 Å². The van der Waals surface area contributed by atoms with Gasteiger partial charge in [0.05, 0.1) is 19.4 Å². The minimum Gasteiger partial charge on any atom is -0.372 e. The van der Waals surface area contributed by atoms with Gasteiger partial charge in [-0.1, -0.05) is 18.2 Å². The number of aryl methyl sites for hydroxylation is 1. The van der Waals surface area contributed by atoms with Crippen LogP contribution in [0.5, 0.6) is 0 Å². The first kappa shape index (κ1) is 12.4. The van der Waals surface area contributed by atoms with E-state index in [-0.39, 0.29) is 0 Å². The molecule has 2 heterocycles. The molecule has 3 rings (SSSR count). The molecule has 4 heteroatoms. The standard InChI is InChI=1S/C15H19N3O/c1-16-15(5-11-7-17-18(2)8-11)12-3-4-13-9-19-10-14(13)6-12/h3-4,6-8,15-16H,5,9-10H2,1-2H3. The SMILES string of the molecule is CNC(Cc1cnn(C)c1)c1ccc2c(c1)COC2. The average Bonchev–Trinajstić information content (AvgIpc) is 3.03. The summed E-state index contributed by atoms with van der Waals surface area (Å²) in [5.41, 5.74) is 5.21. The van der Waals surface area contributed by atoms with Crippen molar-refractivity contribution < 1.29 is 4.74 Å². The molecule has 19 heavy (non-hydrogen) atoms. The smallest absolute Gasteiger partial charge is 0.0725 e. The molecule has 0 fully saturated rings. The topological polar surface area (TPSA) is 39.1 Å². The van der Waals surface area contributed by atoms with E-state index in [9.17, 15) is 0 Å². The Morgan fingerprint density at radius 1 is 1.37 bits per heavy atom. The predicted octanol–water partition coefficient (Wildman–Crippen LogP) is 1.95. The minimum atomic E-state index is 0.315. The number of nitrogens with zero attached hydrogens (tertiary/aromatic N) is 2. The summed E-state index contributed by atoms with van der Waals surface area (Å²) in [6, 6.07) is 6.96. The fraction of sp³-hybridized carbons (Fsp3) is 0.400. The van der Waals surface area contributed by atoms with E-state index < -0.39 is 0 Å². The van der Waals surface area contributed by atoms with Crippen LogP contribution in [0.2, 0.25) is 0 Å². The van der Waals surface area contributed by atoms with Gasteiger partial charge in [-0.2, -0.15) is 5.10 Å². The van der Waals surface area contributed by atoms with Crippen molar-refractivity contribution in [3.8, 4) is 0 Å². The van der Waals surface area contributed by atoms with Gasteiger partial charge in [-0.05, 0) is 35.7 Å². The first-order valence-corrected chi connectivity index (χ1v) is 6.60. The van der Waals surface area contributed by atoms with Crippen LogP contribution in [0.1, 0.15) is 28.3 Å². The molecule has 0 radical (unpaired) electrons. The highest BCUT2D eigenvalue weighted by Gasteiger charge is 2.16. The van der Waals surface area contributed by atoms with Crippen molar-refractivity contribution in [1.29, 1.82) is 0 Å². The lowest BCUT2D eigenvalue weighted by molar-refractivity contribution is 0.134. The Morgan fingerprint density at radius 3 is 2.95 bits per heavy atom. The summed E-state index contributed by atoms with van der Waals surface area (Å²) >= 11 is 0. The molecule has 0 aliphatic carbocycles. The van der Waals surface area contributed by atoms with Crippen LogP contribution in [-0.2, 0) is 31.4 Å². The lowest BCUT2D eigenvalue weighted by atomic mass is 9.97. The van der Waals surface area contributed by atoms with Gasteiger partial charge in [-0.25, -0.2) is 0 Å². The van der Waals surface area contributed by atoms with Gasteiger partial charge >= 0.3 is 0 Å². The molecule has 0 spiro atoms. The van der Waals surface area contributed by atoms with Crippen molar-refractivity contribution in [1.82, 2.24) is 15.1 Å². The lowest BCUT2D eigenvalue weighted by Crippen LogP contribution is -2.18. The second-order valence-corrected chi connectivity index (χ2v) is 5.09. The van der Waals surface area contributed by atoms with E-state index in [0.717, 1.165) is 19.6 Å². The van der Waals surface area contributed by atoms with Crippen LogP contribution >= 0.6 is 0 Å². The maximum atomic E-state index is 5.47. The van der Waals surface area contributed by atoms with Crippen LogP contribution in [0, 0.1) is 0 Å². The van der Waals surface area contributed by atoms with Gasteiger partial charge in [-0.3, -0.25) is 4.68 Å². The van der Waals surface area contributed by atoms with Crippen molar-refractivity contribution in [2.45, 2.75) is 25.7 Å². The number of benzene rings is 1. The van der Waals surface area contributed by atoms with Crippen LogP contribution in [0.25, 0.3) is 0 Å². The summed E-state index contributed by atoms with van der Waals surface area (Å²) in [7, 11) is 3.95. The number of fused-ring (bicyclic) bond motifs is 1. The van der Waals surface area contributed by atoms with E-state index in [4.69, 9.17) is 4.74 Å². The van der Waals surface area contributed by atoms with E-state index in [1.807, 2.05) is 25.0 Å². The predicted molar refractivity (Wildman–Crippen MR) is 73.6 cm³/mol. The molecular weight excluding hydrogens is 238 g/mol. The average molecular weight is 257 g/mol. The summed E-state index contributed by atoms with van der Waals surface area (Å²) in [6.07, 6.45) is 4.95. The van der Waals surface area contributed by atoms with Gasteiger partial charge < -0.3 is 10.1 Å². The van der Waals surface area contributed by atoms with Gasteiger partial charge in [0.1, 0.15) is 0 Å². The molecule has 1 aromatic heterocycles. The van der Waals surface area contributed by atoms with Crippen molar-refractivity contribution in [3.63, 3.8) is 0 Å². The Bertz CT molecular complexity index is 577. The van der Waals surface area contributed by atoms with Gasteiger partial charge in [0.25, 0.3) is 0 Å². The third-order valence-corrected chi connectivity index (χ3v) is 3.69. The second-order valence-electron chi connectivity index (χ2n) is 5.09. The summed E-state index contributed by atoms with van der Waals surface area (Å²) in [5, 5.41) is 7.61. The lowest BCUT2D eigenvalue weighted by Gasteiger charge is -2.16. The molecule has 0 saturated heterocycles. The monoisotopic (exact) mass is 257 g/mol. The third kappa shape index (κ3) is 2.55. The summed E-state index contributed by atoms with van der Waals surface area (Å²) in [5.74, 6) is 0.